The van der Waals surface area contributed by atoms with E-state index >= 15 is 0 Å². The predicted octanol–water partition coefficient (Wildman–Crippen LogP) is 2.01. The molecule has 3 rings (SSSR count). The summed E-state index contributed by atoms with van der Waals surface area (Å²) in [5.74, 6) is -0.505. The van der Waals surface area contributed by atoms with Gasteiger partial charge in [0, 0.05) is 18.0 Å². The van der Waals surface area contributed by atoms with E-state index in [9.17, 15) is 19.5 Å². The number of hydrogen-bond donors (Lipinski definition) is 1. The standard InChI is InChI=1S/C19H17NO4/c1-19(2,24)18(23)11-8-9-15-13(10-11)17(22)16(21)12-6-4-5-7-14(12)20(15)3/h4-10,24H,1-3H3. The number of carbonyl (C=O) groups excluding carboxylic acids is 1. The molecule has 5 heteroatoms. The van der Waals surface area contributed by atoms with E-state index in [4.69, 9.17) is 0 Å². The lowest BCUT2D eigenvalue weighted by Crippen LogP contribution is -2.31. The Kier molecular flexibility index (Phi) is 3.61. The largest absolute Gasteiger partial charge is 0.382 e. The molecule has 1 N–H and O–H groups in total. The molecule has 0 saturated carbocycles. The number of ketones is 1. The Morgan fingerprint density at radius 2 is 1.54 bits per heavy atom. The van der Waals surface area contributed by atoms with Gasteiger partial charge in [-0.3, -0.25) is 14.4 Å². The van der Waals surface area contributed by atoms with Crippen LogP contribution in [0.5, 0.6) is 0 Å². The number of aryl methyl sites for hydroxylation is 1. The first-order valence-electron chi connectivity index (χ1n) is 7.55. The number of para-hydroxylation sites is 1. The molecule has 0 radical (unpaired) electrons. The number of fused-ring (bicyclic) bond motifs is 2. The number of rotatable bonds is 2. The monoisotopic (exact) mass is 323 g/mol. The fourth-order valence-electron chi connectivity index (χ4n) is 2.84. The summed E-state index contributed by atoms with van der Waals surface area (Å²) in [6.45, 7) is 2.77. The predicted molar refractivity (Wildman–Crippen MR) is 93.6 cm³/mol. The summed E-state index contributed by atoms with van der Waals surface area (Å²) in [4.78, 5) is 37.4. The molecule has 0 fully saturated rings. The number of hydrogen-bond acceptors (Lipinski definition) is 4. The van der Waals surface area contributed by atoms with Gasteiger partial charge in [-0.2, -0.15) is 0 Å². The molecule has 0 aliphatic rings. The Bertz CT molecular complexity index is 1100. The van der Waals surface area contributed by atoms with Gasteiger partial charge >= 0.3 is 0 Å². The van der Waals surface area contributed by atoms with Crippen LogP contribution in [0.3, 0.4) is 0 Å². The first-order valence-corrected chi connectivity index (χ1v) is 7.55. The highest BCUT2D eigenvalue weighted by Crippen LogP contribution is 2.19. The van der Waals surface area contributed by atoms with Gasteiger partial charge in [-0.25, -0.2) is 0 Å². The Hall–Kier alpha value is -2.79. The Morgan fingerprint density at radius 1 is 0.958 bits per heavy atom. The average molecular weight is 323 g/mol. The van der Waals surface area contributed by atoms with Gasteiger partial charge in [0.05, 0.1) is 16.4 Å². The fraction of sp³-hybridized carbons (Fsp3) is 0.211. The van der Waals surface area contributed by atoms with E-state index in [1.165, 1.54) is 19.9 Å². The van der Waals surface area contributed by atoms with Crippen molar-refractivity contribution in [2.75, 3.05) is 0 Å². The highest BCUT2D eigenvalue weighted by atomic mass is 16.3. The van der Waals surface area contributed by atoms with Crippen LogP contribution in [0.1, 0.15) is 24.2 Å². The van der Waals surface area contributed by atoms with E-state index in [1.807, 2.05) is 0 Å². The molecule has 1 aromatic heterocycles. The Morgan fingerprint density at radius 3 is 2.21 bits per heavy atom. The van der Waals surface area contributed by atoms with Crippen molar-refractivity contribution in [2.24, 2.45) is 7.05 Å². The number of Topliss-reactive ketones (excluding diaryl/α,β-unsaturated/α-hetero) is 1. The second-order valence-electron chi connectivity index (χ2n) is 6.35. The van der Waals surface area contributed by atoms with Gasteiger partial charge in [-0.15, -0.1) is 0 Å². The number of aliphatic hydroxyl groups is 1. The third-order valence-electron chi connectivity index (χ3n) is 4.14. The van der Waals surface area contributed by atoms with Crippen LogP contribution in [-0.2, 0) is 7.05 Å². The van der Waals surface area contributed by atoms with E-state index in [2.05, 4.69) is 0 Å². The second kappa shape index (κ2) is 5.39. The van der Waals surface area contributed by atoms with E-state index in [-0.39, 0.29) is 10.9 Å². The number of carbonyl (C=O) groups is 1. The summed E-state index contributed by atoms with van der Waals surface area (Å²) in [7, 11) is 1.76. The van der Waals surface area contributed by atoms with Crippen LogP contribution >= 0.6 is 0 Å². The van der Waals surface area contributed by atoms with Crippen molar-refractivity contribution < 1.29 is 9.90 Å². The maximum Gasteiger partial charge on any atom is 0.235 e. The quantitative estimate of drug-likeness (QED) is 0.578. The van der Waals surface area contributed by atoms with Gasteiger partial charge in [-0.05, 0) is 44.2 Å². The Balaban J connectivity index is 2.51. The van der Waals surface area contributed by atoms with Gasteiger partial charge < -0.3 is 9.67 Å². The van der Waals surface area contributed by atoms with Gasteiger partial charge in [-0.1, -0.05) is 12.1 Å². The van der Waals surface area contributed by atoms with Crippen molar-refractivity contribution in [3.8, 4) is 0 Å². The fourth-order valence-corrected chi connectivity index (χ4v) is 2.84. The maximum atomic E-state index is 12.6. The summed E-state index contributed by atoms with van der Waals surface area (Å²) in [5, 5.41) is 10.4. The van der Waals surface area contributed by atoms with E-state index < -0.39 is 22.2 Å². The summed E-state index contributed by atoms with van der Waals surface area (Å²) in [6.07, 6.45) is 0. The second-order valence-corrected chi connectivity index (χ2v) is 6.35. The Labute approximate surface area is 137 Å². The normalized spacial score (nSPS) is 11.8. The smallest absolute Gasteiger partial charge is 0.235 e. The van der Waals surface area contributed by atoms with Gasteiger partial charge in [0.1, 0.15) is 5.60 Å². The van der Waals surface area contributed by atoms with Gasteiger partial charge in [0.2, 0.25) is 10.9 Å². The summed E-state index contributed by atoms with van der Waals surface area (Å²) in [6, 6.07) is 11.5. The molecule has 0 atom stereocenters. The van der Waals surface area contributed by atoms with E-state index in [0.29, 0.717) is 16.4 Å². The molecule has 3 aromatic rings. The van der Waals surface area contributed by atoms with Crippen molar-refractivity contribution in [1.82, 2.24) is 4.57 Å². The third kappa shape index (κ3) is 2.43. The number of benzene rings is 2. The van der Waals surface area contributed by atoms with E-state index in [1.54, 1.807) is 48.0 Å². The first-order chi connectivity index (χ1) is 11.2. The summed E-state index contributed by atoms with van der Waals surface area (Å²) >= 11 is 0. The molecule has 1 heterocycles. The molecule has 0 unspecified atom stereocenters. The minimum atomic E-state index is -1.55. The molecule has 0 amide bonds. The molecule has 0 aliphatic heterocycles. The highest BCUT2D eigenvalue weighted by Gasteiger charge is 2.25. The van der Waals surface area contributed by atoms with Crippen LogP contribution in [0.25, 0.3) is 21.8 Å². The zero-order chi connectivity index (χ0) is 17.6. The van der Waals surface area contributed by atoms with Crippen LogP contribution in [0.2, 0.25) is 0 Å². The minimum Gasteiger partial charge on any atom is -0.382 e. The summed E-state index contributed by atoms with van der Waals surface area (Å²) < 4.78 is 1.76. The lowest BCUT2D eigenvalue weighted by Gasteiger charge is -2.15. The van der Waals surface area contributed by atoms with Crippen molar-refractivity contribution in [3.63, 3.8) is 0 Å². The zero-order valence-corrected chi connectivity index (χ0v) is 13.7. The van der Waals surface area contributed by atoms with Crippen LogP contribution in [-0.4, -0.2) is 21.1 Å². The lowest BCUT2D eigenvalue weighted by atomic mass is 9.96. The van der Waals surface area contributed by atoms with Crippen molar-refractivity contribution in [2.45, 2.75) is 19.4 Å². The maximum absolute atomic E-state index is 12.6. The van der Waals surface area contributed by atoms with Crippen molar-refractivity contribution >= 4 is 27.6 Å². The molecular weight excluding hydrogens is 306 g/mol. The first kappa shape index (κ1) is 16.1. The average Bonchev–Trinajstić information content (AvgIpc) is 2.64. The molecule has 0 aliphatic carbocycles. The molecule has 122 valence electrons. The van der Waals surface area contributed by atoms with Crippen LogP contribution in [0, 0.1) is 0 Å². The molecule has 0 spiro atoms. The topological polar surface area (TPSA) is 76.4 Å². The molecular formula is C19H17NO4. The zero-order valence-electron chi connectivity index (χ0n) is 13.7. The van der Waals surface area contributed by atoms with Crippen molar-refractivity contribution in [1.29, 1.82) is 0 Å². The lowest BCUT2D eigenvalue weighted by molar-refractivity contribution is 0.0488. The van der Waals surface area contributed by atoms with Crippen LogP contribution in [0.4, 0.5) is 0 Å². The highest BCUT2D eigenvalue weighted by molar-refractivity contribution is 6.04. The third-order valence-corrected chi connectivity index (χ3v) is 4.14. The minimum absolute atomic E-state index is 0.161. The summed E-state index contributed by atoms with van der Waals surface area (Å²) in [5.41, 5.74) is -1.44. The number of aromatic nitrogens is 1. The SMILES string of the molecule is Cn1c2ccccc2c(=O)c(=O)c2cc(C(=O)C(C)(C)O)ccc21. The van der Waals surface area contributed by atoms with Crippen molar-refractivity contribution in [3.05, 3.63) is 68.5 Å². The van der Waals surface area contributed by atoms with Gasteiger partial charge in [0.15, 0.2) is 5.78 Å². The molecule has 0 saturated heterocycles. The van der Waals surface area contributed by atoms with Crippen LogP contribution < -0.4 is 10.9 Å². The van der Waals surface area contributed by atoms with Gasteiger partial charge in [0.25, 0.3) is 0 Å². The molecule has 0 bridgehead atoms. The molecule has 5 nitrogen and oxygen atoms in total. The molecule has 24 heavy (non-hydrogen) atoms. The van der Waals surface area contributed by atoms with E-state index in [0.717, 1.165) is 0 Å². The van der Waals surface area contributed by atoms with Crippen LogP contribution in [0.15, 0.2) is 52.1 Å². The molecule has 2 aromatic carbocycles. The number of nitrogens with zero attached hydrogens (tertiary/aromatic N) is 1.